The third kappa shape index (κ3) is 6.67. The lowest BCUT2D eigenvalue weighted by molar-refractivity contribution is -0.385. The van der Waals surface area contributed by atoms with Gasteiger partial charge in [0.25, 0.3) is 0 Å². The Morgan fingerprint density at radius 3 is 2.71 bits per heavy atom. The van der Waals surface area contributed by atoms with Crippen LogP contribution in [0.1, 0.15) is 31.0 Å². The Hall–Kier alpha value is -4.85. The largest absolute Gasteiger partial charge is 0.502 e. The molecule has 0 unspecified atom stereocenters. The molecule has 0 spiro atoms. The van der Waals surface area contributed by atoms with Gasteiger partial charge in [0.05, 0.1) is 36.5 Å². The standard InChI is InChI=1S/C24H27N5O9/c1-4-37-19-10-15(22-21(23(32)36-3)13(2)26-24(33)27-22)6-8-18(19)38-12-20(31)28-25-11-14-5-7-17(30)16(9-14)29(34)35/h5-11,20,22,28,30-31H,4,12H2,1-3H3,(H2,26,27,33)/b25-11-/t20-,22+/m0/s1. The van der Waals surface area contributed by atoms with Gasteiger partial charge in [0, 0.05) is 17.3 Å². The number of esters is 1. The van der Waals surface area contributed by atoms with Crippen molar-refractivity contribution in [2.45, 2.75) is 26.1 Å². The Balaban J connectivity index is 1.70. The highest BCUT2D eigenvalue weighted by molar-refractivity contribution is 5.95. The second kappa shape index (κ2) is 12.4. The summed E-state index contributed by atoms with van der Waals surface area (Å²) in [5, 5.41) is 39.7. The van der Waals surface area contributed by atoms with Crippen molar-refractivity contribution in [2.75, 3.05) is 20.3 Å². The summed E-state index contributed by atoms with van der Waals surface area (Å²) in [6.07, 6.45) is -0.0228. The molecule has 1 heterocycles. The molecule has 202 valence electrons. The van der Waals surface area contributed by atoms with Crippen LogP contribution in [-0.2, 0) is 9.53 Å². The number of amides is 2. The third-order valence-electron chi connectivity index (χ3n) is 5.31. The first-order chi connectivity index (χ1) is 18.1. The number of carbonyl (C=O) groups excluding carboxylic acids is 2. The molecule has 5 N–H and O–H groups in total. The fourth-order valence-electron chi connectivity index (χ4n) is 3.59. The number of aliphatic hydroxyl groups is 1. The maximum atomic E-state index is 12.3. The quantitative estimate of drug-likeness (QED) is 0.0942. The minimum absolute atomic E-state index is 0.236. The van der Waals surface area contributed by atoms with Crippen molar-refractivity contribution in [1.82, 2.24) is 16.1 Å². The Bertz CT molecular complexity index is 1280. The Morgan fingerprint density at radius 1 is 1.26 bits per heavy atom. The number of allylic oxidation sites excluding steroid dienone is 1. The normalized spacial score (nSPS) is 15.9. The summed E-state index contributed by atoms with van der Waals surface area (Å²) < 4.78 is 16.2. The lowest BCUT2D eigenvalue weighted by Crippen LogP contribution is -2.45. The first kappa shape index (κ1) is 27.7. The minimum atomic E-state index is -1.26. The zero-order valence-electron chi connectivity index (χ0n) is 20.8. The fraction of sp³-hybridized carbons (Fsp3) is 0.292. The molecule has 1 aliphatic heterocycles. The molecule has 14 nitrogen and oxygen atoms in total. The van der Waals surface area contributed by atoms with Crippen LogP contribution in [0.25, 0.3) is 0 Å². The number of hydrazone groups is 1. The van der Waals surface area contributed by atoms with E-state index in [-0.39, 0.29) is 17.9 Å². The van der Waals surface area contributed by atoms with Crippen LogP contribution in [0.4, 0.5) is 10.5 Å². The molecule has 0 aromatic heterocycles. The number of hydrogen-bond donors (Lipinski definition) is 5. The number of nitrogens with one attached hydrogen (secondary N) is 3. The van der Waals surface area contributed by atoms with Crippen LogP contribution >= 0.6 is 0 Å². The van der Waals surface area contributed by atoms with E-state index in [1.807, 2.05) is 0 Å². The van der Waals surface area contributed by atoms with Gasteiger partial charge >= 0.3 is 17.7 Å². The second-order valence-electron chi connectivity index (χ2n) is 7.92. The Morgan fingerprint density at radius 2 is 2.03 bits per heavy atom. The molecular weight excluding hydrogens is 502 g/mol. The number of nitrogens with zero attached hydrogens (tertiary/aromatic N) is 2. The first-order valence-electron chi connectivity index (χ1n) is 11.3. The zero-order chi connectivity index (χ0) is 27.8. The number of aromatic hydroxyl groups is 1. The van der Waals surface area contributed by atoms with Gasteiger partial charge in [-0.25, -0.2) is 9.59 Å². The highest BCUT2D eigenvalue weighted by atomic mass is 16.6. The van der Waals surface area contributed by atoms with Crippen molar-refractivity contribution in [2.24, 2.45) is 5.10 Å². The molecule has 0 radical (unpaired) electrons. The number of rotatable bonds is 11. The SMILES string of the molecule is CCOc1cc([C@H]2NC(=O)NC(C)=C2C(=O)OC)ccc1OC[C@H](O)N/N=C\c1ccc(O)c([N+](=O)[O-])c1. The van der Waals surface area contributed by atoms with E-state index >= 15 is 0 Å². The zero-order valence-corrected chi connectivity index (χ0v) is 20.8. The number of phenols is 1. The number of urea groups is 1. The van der Waals surface area contributed by atoms with Crippen LogP contribution < -0.4 is 25.5 Å². The number of hydrogen-bond acceptors (Lipinski definition) is 11. The summed E-state index contributed by atoms with van der Waals surface area (Å²) in [6.45, 7) is 3.41. The first-order valence-corrected chi connectivity index (χ1v) is 11.3. The summed E-state index contributed by atoms with van der Waals surface area (Å²) in [4.78, 5) is 34.6. The van der Waals surface area contributed by atoms with Crippen molar-refractivity contribution < 1.29 is 38.9 Å². The summed E-state index contributed by atoms with van der Waals surface area (Å²) >= 11 is 0. The molecule has 0 saturated heterocycles. The minimum Gasteiger partial charge on any atom is -0.502 e. The van der Waals surface area contributed by atoms with Crippen molar-refractivity contribution in [3.8, 4) is 17.2 Å². The van der Waals surface area contributed by atoms with Gasteiger partial charge in [-0.1, -0.05) is 6.07 Å². The maximum Gasteiger partial charge on any atom is 0.337 e. The van der Waals surface area contributed by atoms with Crippen LogP contribution in [0, 0.1) is 10.1 Å². The van der Waals surface area contributed by atoms with Crippen molar-refractivity contribution in [1.29, 1.82) is 0 Å². The Labute approximate surface area is 217 Å². The predicted octanol–water partition coefficient (Wildman–Crippen LogP) is 1.82. The highest BCUT2D eigenvalue weighted by Gasteiger charge is 2.32. The smallest absolute Gasteiger partial charge is 0.337 e. The van der Waals surface area contributed by atoms with Crippen LogP contribution in [0.5, 0.6) is 17.2 Å². The van der Waals surface area contributed by atoms with Gasteiger partial charge in [0.1, 0.15) is 6.61 Å². The molecule has 14 heteroatoms. The topological polar surface area (TPSA) is 194 Å². The molecule has 2 aromatic carbocycles. The lowest BCUT2D eigenvalue weighted by Gasteiger charge is -2.28. The van der Waals surface area contributed by atoms with E-state index in [1.54, 1.807) is 32.0 Å². The van der Waals surface area contributed by atoms with Crippen molar-refractivity contribution >= 4 is 23.9 Å². The summed E-state index contributed by atoms with van der Waals surface area (Å²) in [6, 6.07) is 7.27. The molecule has 38 heavy (non-hydrogen) atoms. The molecule has 0 bridgehead atoms. The predicted molar refractivity (Wildman–Crippen MR) is 134 cm³/mol. The highest BCUT2D eigenvalue weighted by Crippen LogP contribution is 2.35. The fourth-order valence-corrected chi connectivity index (χ4v) is 3.59. The van der Waals surface area contributed by atoms with E-state index in [9.17, 15) is 29.9 Å². The monoisotopic (exact) mass is 529 g/mol. The number of phenolic OH excluding ortho intramolecular Hbond substituents is 1. The molecule has 0 saturated carbocycles. The van der Waals surface area contributed by atoms with Gasteiger partial charge in [-0.05, 0) is 43.7 Å². The van der Waals surface area contributed by atoms with E-state index in [0.29, 0.717) is 29.2 Å². The molecule has 2 aromatic rings. The number of carbonyl (C=O) groups is 2. The Kier molecular flexibility index (Phi) is 9.05. The number of aliphatic hydroxyl groups excluding tert-OH is 1. The molecule has 2 amide bonds. The van der Waals surface area contributed by atoms with Crippen molar-refractivity contribution in [3.05, 3.63) is 68.9 Å². The van der Waals surface area contributed by atoms with E-state index in [4.69, 9.17) is 14.2 Å². The molecule has 0 aliphatic carbocycles. The number of benzene rings is 2. The van der Waals surface area contributed by atoms with Crippen LogP contribution in [0.2, 0.25) is 0 Å². The summed E-state index contributed by atoms with van der Waals surface area (Å²) in [5.74, 6) is -0.475. The van der Waals surface area contributed by atoms with Gasteiger partial charge in [0.15, 0.2) is 23.5 Å². The summed E-state index contributed by atoms with van der Waals surface area (Å²) in [5.41, 5.74) is 3.42. The van der Waals surface area contributed by atoms with E-state index in [0.717, 1.165) is 6.07 Å². The second-order valence-corrected chi connectivity index (χ2v) is 7.92. The van der Waals surface area contributed by atoms with Crippen LogP contribution in [0.15, 0.2) is 52.8 Å². The van der Waals surface area contributed by atoms with Gasteiger partial charge < -0.3 is 35.1 Å². The number of nitro benzene ring substituents is 1. The van der Waals surface area contributed by atoms with Gasteiger partial charge in [-0.3, -0.25) is 15.5 Å². The molecule has 3 rings (SSSR count). The molecule has 1 aliphatic rings. The number of ether oxygens (including phenoxy) is 3. The van der Waals surface area contributed by atoms with Crippen LogP contribution in [-0.4, -0.2) is 59.9 Å². The van der Waals surface area contributed by atoms with Crippen LogP contribution in [0.3, 0.4) is 0 Å². The summed E-state index contributed by atoms with van der Waals surface area (Å²) in [7, 11) is 1.25. The number of nitro groups is 1. The van der Waals surface area contributed by atoms with E-state index < -0.39 is 40.6 Å². The third-order valence-corrected chi connectivity index (χ3v) is 5.31. The maximum absolute atomic E-state index is 12.3. The number of methoxy groups -OCH3 is 1. The van der Waals surface area contributed by atoms with Gasteiger partial charge in [-0.15, -0.1) is 0 Å². The van der Waals surface area contributed by atoms with E-state index in [2.05, 4.69) is 21.2 Å². The average molecular weight is 530 g/mol. The lowest BCUT2D eigenvalue weighted by atomic mass is 9.95. The van der Waals surface area contributed by atoms with E-state index in [1.165, 1.54) is 25.5 Å². The van der Waals surface area contributed by atoms with Gasteiger partial charge in [-0.2, -0.15) is 5.10 Å². The average Bonchev–Trinajstić information content (AvgIpc) is 2.88. The van der Waals surface area contributed by atoms with Gasteiger partial charge in [0.2, 0.25) is 0 Å². The molecular formula is C24H27N5O9. The van der Waals surface area contributed by atoms with Crippen molar-refractivity contribution in [3.63, 3.8) is 0 Å². The molecule has 2 atom stereocenters. The molecule has 0 fully saturated rings.